The van der Waals surface area contributed by atoms with Crippen molar-refractivity contribution in [2.75, 3.05) is 31.5 Å². The first-order valence-corrected chi connectivity index (χ1v) is 8.39. The number of hydrogen-bond donors (Lipinski definition) is 1. The molecule has 142 valence electrons. The fraction of sp³-hybridized carbons (Fsp3) is 0.278. The number of piperazine rings is 1. The first-order chi connectivity index (χ1) is 12.9. The minimum atomic E-state index is -0.869. The highest BCUT2D eigenvalue weighted by atomic mass is 19.2. The van der Waals surface area contributed by atoms with Gasteiger partial charge in [0.25, 0.3) is 5.69 Å². The Kier molecular flexibility index (Phi) is 5.60. The zero-order valence-electron chi connectivity index (χ0n) is 14.4. The molecule has 1 aliphatic heterocycles. The number of halogens is 2. The average molecular weight is 376 g/mol. The maximum absolute atomic E-state index is 13.3. The summed E-state index contributed by atoms with van der Waals surface area (Å²) in [5.74, 6) is -1.74. The van der Waals surface area contributed by atoms with Gasteiger partial charge in [-0.2, -0.15) is 0 Å². The monoisotopic (exact) mass is 376 g/mol. The predicted molar refractivity (Wildman–Crippen MR) is 95.3 cm³/mol. The number of nitrogens with zero attached hydrogens (tertiary/aromatic N) is 3. The van der Waals surface area contributed by atoms with E-state index < -0.39 is 16.6 Å². The molecule has 0 radical (unpaired) electrons. The van der Waals surface area contributed by atoms with Crippen LogP contribution < -0.4 is 5.32 Å². The molecule has 0 aromatic heterocycles. The highest BCUT2D eigenvalue weighted by Gasteiger charge is 2.21. The van der Waals surface area contributed by atoms with Crippen LogP contribution in [0.5, 0.6) is 0 Å². The normalized spacial score (nSPS) is 14.8. The lowest BCUT2D eigenvalue weighted by Crippen LogP contribution is -2.49. The highest BCUT2D eigenvalue weighted by molar-refractivity contribution is 5.89. The zero-order chi connectivity index (χ0) is 19.4. The summed E-state index contributed by atoms with van der Waals surface area (Å²) in [5.41, 5.74) is 1.12. The van der Waals surface area contributed by atoms with E-state index in [-0.39, 0.29) is 11.7 Å². The van der Waals surface area contributed by atoms with Gasteiger partial charge in [-0.3, -0.25) is 15.0 Å². The zero-order valence-corrected chi connectivity index (χ0v) is 14.4. The number of hydrogen-bond acceptors (Lipinski definition) is 4. The second-order valence-electron chi connectivity index (χ2n) is 6.25. The van der Waals surface area contributed by atoms with Crippen molar-refractivity contribution < 1.29 is 18.5 Å². The van der Waals surface area contributed by atoms with Crippen molar-refractivity contribution in [1.82, 2.24) is 9.80 Å². The number of rotatable bonds is 4. The third-order valence-electron chi connectivity index (χ3n) is 4.38. The molecule has 2 amide bonds. The van der Waals surface area contributed by atoms with Gasteiger partial charge in [-0.05, 0) is 29.8 Å². The first-order valence-electron chi connectivity index (χ1n) is 8.39. The van der Waals surface area contributed by atoms with Crippen LogP contribution in [0.1, 0.15) is 5.56 Å². The maximum atomic E-state index is 13.3. The quantitative estimate of drug-likeness (QED) is 0.656. The third kappa shape index (κ3) is 4.76. The summed E-state index contributed by atoms with van der Waals surface area (Å²) in [5, 5.41) is 13.4. The molecule has 0 spiro atoms. The molecule has 27 heavy (non-hydrogen) atoms. The second-order valence-corrected chi connectivity index (χ2v) is 6.25. The molecule has 0 bridgehead atoms. The number of carbonyl (C=O) groups excluding carboxylic acids is 1. The molecular formula is C18H18F2N4O3. The molecule has 0 atom stereocenters. The predicted octanol–water partition coefficient (Wildman–Crippen LogP) is 3.22. The van der Waals surface area contributed by atoms with E-state index in [2.05, 4.69) is 10.2 Å². The molecular weight excluding hydrogens is 358 g/mol. The molecule has 0 aliphatic carbocycles. The van der Waals surface area contributed by atoms with Gasteiger partial charge in [0.2, 0.25) is 0 Å². The summed E-state index contributed by atoms with van der Waals surface area (Å²) in [6.45, 7) is 2.67. The molecule has 1 heterocycles. The van der Waals surface area contributed by atoms with Crippen molar-refractivity contribution in [3.63, 3.8) is 0 Å². The lowest BCUT2D eigenvalue weighted by atomic mass is 10.2. The van der Waals surface area contributed by atoms with E-state index >= 15 is 0 Å². The molecule has 0 saturated carbocycles. The summed E-state index contributed by atoms with van der Waals surface area (Å²) >= 11 is 0. The number of anilines is 1. The van der Waals surface area contributed by atoms with Crippen molar-refractivity contribution >= 4 is 17.4 Å². The van der Waals surface area contributed by atoms with Gasteiger partial charge in [0.05, 0.1) is 4.92 Å². The summed E-state index contributed by atoms with van der Waals surface area (Å²) < 4.78 is 26.3. The summed E-state index contributed by atoms with van der Waals surface area (Å²) in [6, 6.07) is 9.18. The molecule has 2 aromatic carbocycles. The van der Waals surface area contributed by atoms with Gasteiger partial charge >= 0.3 is 6.03 Å². The number of amides is 2. The Morgan fingerprint density at radius 2 is 1.70 bits per heavy atom. The number of nitro benzene ring substituents is 1. The van der Waals surface area contributed by atoms with Crippen LogP contribution in [0.3, 0.4) is 0 Å². The Bertz CT molecular complexity index is 837. The molecule has 9 heteroatoms. The lowest BCUT2D eigenvalue weighted by molar-refractivity contribution is -0.384. The molecule has 1 aliphatic rings. The molecule has 0 unspecified atom stereocenters. The molecule has 3 rings (SSSR count). The van der Waals surface area contributed by atoms with Gasteiger partial charge in [-0.15, -0.1) is 0 Å². The molecule has 1 saturated heterocycles. The van der Waals surface area contributed by atoms with Crippen LogP contribution >= 0.6 is 0 Å². The molecule has 7 nitrogen and oxygen atoms in total. The van der Waals surface area contributed by atoms with Gasteiger partial charge in [0.15, 0.2) is 11.6 Å². The van der Waals surface area contributed by atoms with Crippen LogP contribution in [0.4, 0.5) is 25.0 Å². The van der Waals surface area contributed by atoms with E-state index in [9.17, 15) is 23.7 Å². The first kappa shape index (κ1) is 18.7. The Morgan fingerprint density at radius 3 is 2.30 bits per heavy atom. The second kappa shape index (κ2) is 8.09. The number of benzene rings is 2. The standard InChI is InChI=1S/C18H18F2N4O3/c19-16-6-1-13(11-17(16)20)12-22-7-9-23(10-8-22)18(25)21-14-2-4-15(5-3-14)24(26)27/h1-6,11H,7-10,12H2,(H,21,25). The van der Waals surface area contributed by atoms with E-state index in [1.807, 2.05) is 0 Å². The Morgan fingerprint density at radius 1 is 1.04 bits per heavy atom. The van der Waals surface area contributed by atoms with E-state index in [0.717, 1.165) is 6.07 Å². The number of nitro groups is 1. The van der Waals surface area contributed by atoms with E-state index in [1.165, 1.54) is 30.3 Å². The summed E-state index contributed by atoms with van der Waals surface area (Å²) in [4.78, 5) is 26.1. The van der Waals surface area contributed by atoms with Crippen LogP contribution in [-0.2, 0) is 6.54 Å². The maximum Gasteiger partial charge on any atom is 0.321 e. The smallest absolute Gasteiger partial charge is 0.321 e. The Hall–Kier alpha value is -3.07. The molecule has 1 fully saturated rings. The van der Waals surface area contributed by atoms with Crippen LogP contribution in [0.25, 0.3) is 0 Å². The fourth-order valence-electron chi connectivity index (χ4n) is 2.87. The van der Waals surface area contributed by atoms with Crippen molar-refractivity contribution in [2.45, 2.75) is 6.54 Å². The van der Waals surface area contributed by atoms with Gasteiger partial charge < -0.3 is 10.2 Å². The Balaban J connectivity index is 1.50. The number of nitrogens with one attached hydrogen (secondary N) is 1. The van der Waals surface area contributed by atoms with Gasteiger partial charge in [-0.1, -0.05) is 6.07 Å². The lowest BCUT2D eigenvalue weighted by Gasteiger charge is -2.34. The molecule has 1 N–H and O–H groups in total. The minimum Gasteiger partial charge on any atom is -0.322 e. The minimum absolute atomic E-state index is 0.0427. The van der Waals surface area contributed by atoms with Crippen molar-refractivity contribution in [3.8, 4) is 0 Å². The van der Waals surface area contributed by atoms with E-state index in [1.54, 1.807) is 11.0 Å². The third-order valence-corrected chi connectivity index (χ3v) is 4.38. The van der Waals surface area contributed by atoms with Crippen LogP contribution in [0.15, 0.2) is 42.5 Å². The largest absolute Gasteiger partial charge is 0.322 e. The van der Waals surface area contributed by atoms with E-state index in [4.69, 9.17) is 0 Å². The van der Waals surface area contributed by atoms with Crippen LogP contribution in [0.2, 0.25) is 0 Å². The van der Waals surface area contributed by atoms with Crippen LogP contribution in [0, 0.1) is 21.7 Å². The van der Waals surface area contributed by atoms with E-state index in [0.29, 0.717) is 44.0 Å². The Labute approximate surface area is 154 Å². The van der Waals surface area contributed by atoms with Crippen molar-refractivity contribution in [2.24, 2.45) is 0 Å². The number of urea groups is 1. The summed E-state index contributed by atoms with van der Waals surface area (Å²) in [7, 11) is 0. The highest BCUT2D eigenvalue weighted by Crippen LogP contribution is 2.17. The number of carbonyl (C=O) groups is 1. The SMILES string of the molecule is O=C(Nc1ccc([N+](=O)[O-])cc1)N1CCN(Cc2ccc(F)c(F)c2)CC1. The van der Waals surface area contributed by atoms with Crippen molar-refractivity contribution in [3.05, 3.63) is 69.8 Å². The summed E-state index contributed by atoms with van der Waals surface area (Å²) in [6.07, 6.45) is 0. The van der Waals surface area contributed by atoms with Crippen LogP contribution in [-0.4, -0.2) is 46.9 Å². The molecule has 2 aromatic rings. The number of non-ortho nitro benzene ring substituents is 1. The van der Waals surface area contributed by atoms with Crippen molar-refractivity contribution in [1.29, 1.82) is 0 Å². The van der Waals surface area contributed by atoms with Gasteiger partial charge in [-0.25, -0.2) is 13.6 Å². The van der Waals surface area contributed by atoms with Gasteiger partial charge in [0, 0.05) is 50.5 Å². The van der Waals surface area contributed by atoms with Gasteiger partial charge in [0.1, 0.15) is 0 Å². The average Bonchev–Trinajstić information content (AvgIpc) is 2.66. The topological polar surface area (TPSA) is 78.7 Å². The fourth-order valence-corrected chi connectivity index (χ4v) is 2.87.